The SMILES string of the molecule is C=C1C[C@H](C(=O)O)[C@H](NC(=O)O)C1. The predicted molar refractivity (Wildman–Crippen MR) is 44.4 cm³/mol. The van der Waals surface area contributed by atoms with E-state index >= 15 is 0 Å². The molecule has 0 aromatic heterocycles. The molecule has 13 heavy (non-hydrogen) atoms. The van der Waals surface area contributed by atoms with Gasteiger partial charge in [-0.1, -0.05) is 12.2 Å². The monoisotopic (exact) mass is 185 g/mol. The number of rotatable bonds is 2. The summed E-state index contributed by atoms with van der Waals surface area (Å²) in [7, 11) is 0. The molecule has 3 N–H and O–H groups in total. The maximum Gasteiger partial charge on any atom is 0.404 e. The molecule has 5 nitrogen and oxygen atoms in total. The van der Waals surface area contributed by atoms with E-state index in [0.29, 0.717) is 12.8 Å². The standard InChI is InChI=1S/C8H11NO4/c1-4-2-5(7(10)11)6(3-4)9-8(12)13/h5-6,9H,1-3H2,(H,10,11)(H,12,13)/t5-,6+/m0/s1. The molecule has 5 heteroatoms. The highest BCUT2D eigenvalue weighted by molar-refractivity contribution is 5.74. The van der Waals surface area contributed by atoms with Gasteiger partial charge in [0.2, 0.25) is 0 Å². The zero-order valence-electron chi connectivity index (χ0n) is 6.99. The number of hydrogen-bond acceptors (Lipinski definition) is 2. The van der Waals surface area contributed by atoms with Crippen LogP contribution < -0.4 is 5.32 Å². The lowest BCUT2D eigenvalue weighted by Crippen LogP contribution is -2.39. The van der Waals surface area contributed by atoms with Gasteiger partial charge in [-0.15, -0.1) is 0 Å². The van der Waals surface area contributed by atoms with Crippen molar-refractivity contribution < 1.29 is 19.8 Å². The Morgan fingerprint density at radius 2 is 2.00 bits per heavy atom. The van der Waals surface area contributed by atoms with Crippen molar-refractivity contribution in [2.45, 2.75) is 18.9 Å². The van der Waals surface area contributed by atoms with Crippen LogP contribution in [-0.2, 0) is 4.79 Å². The Hall–Kier alpha value is -1.52. The molecule has 1 saturated carbocycles. The minimum atomic E-state index is -1.19. The molecule has 0 aromatic rings. The third-order valence-electron chi connectivity index (χ3n) is 2.13. The van der Waals surface area contributed by atoms with Gasteiger partial charge in [0.1, 0.15) is 0 Å². The van der Waals surface area contributed by atoms with Crippen molar-refractivity contribution in [2.75, 3.05) is 0 Å². The van der Waals surface area contributed by atoms with E-state index in [-0.39, 0.29) is 0 Å². The molecular weight excluding hydrogens is 174 g/mol. The van der Waals surface area contributed by atoms with Crippen LogP contribution in [0.3, 0.4) is 0 Å². The molecule has 0 aliphatic heterocycles. The summed E-state index contributed by atoms with van der Waals surface area (Å²) < 4.78 is 0. The Labute approximate surface area is 75.1 Å². The highest BCUT2D eigenvalue weighted by Crippen LogP contribution is 2.29. The van der Waals surface area contributed by atoms with Gasteiger partial charge in [0, 0.05) is 6.04 Å². The zero-order valence-corrected chi connectivity index (χ0v) is 6.99. The summed E-state index contributed by atoms with van der Waals surface area (Å²) in [6.45, 7) is 3.65. The molecule has 1 aliphatic carbocycles. The first kappa shape index (κ1) is 9.57. The third kappa shape index (κ3) is 2.21. The number of carboxylic acids is 1. The van der Waals surface area contributed by atoms with Crippen LogP contribution in [0.5, 0.6) is 0 Å². The van der Waals surface area contributed by atoms with E-state index in [4.69, 9.17) is 10.2 Å². The summed E-state index contributed by atoms with van der Waals surface area (Å²) in [5, 5.41) is 19.3. The smallest absolute Gasteiger partial charge is 0.404 e. The molecule has 0 unspecified atom stereocenters. The Balaban J connectivity index is 2.66. The lowest BCUT2D eigenvalue weighted by atomic mass is 10.0. The number of amides is 1. The van der Waals surface area contributed by atoms with E-state index in [9.17, 15) is 9.59 Å². The minimum absolute atomic E-state index is 0.361. The van der Waals surface area contributed by atoms with Crippen molar-refractivity contribution in [1.29, 1.82) is 0 Å². The summed E-state index contributed by atoms with van der Waals surface area (Å²) in [5.41, 5.74) is 0.783. The normalized spacial score (nSPS) is 27.2. The van der Waals surface area contributed by atoms with E-state index in [1.54, 1.807) is 0 Å². The number of nitrogens with one attached hydrogen (secondary N) is 1. The lowest BCUT2D eigenvalue weighted by molar-refractivity contribution is -0.141. The molecule has 1 fully saturated rings. The maximum absolute atomic E-state index is 10.7. The second kappa shape index (κ2) is 3.47. The summed E-state index contributed by atoms with van der Waals surface area (Å²) >= 11 is 0. The number of hydrogen-bond donors (Lipinski definition) is 3. The van der Waals surface area contributed by atoms with Crippen LogP contribution in [0.15, 0.2) is 12.2 Å². The molecular formula is C8H11NO4. The fraction of sp³-hybridized carbons (Fsp3) is 0.500. The van der Waals surface area contributed by atoms with Crippen LogP contribution in [0, 0.1) is 5.92 Å². The topological polar surface area (TPSA) is 86.6 Å². The Kier molecular flexibility index (Phi) is 2.55. The van der Waals surface area contributed by atoms with Gasteiger partial charge < -0.3 is 15.5 Å². The average Bonchev–Trinajstić information content (AvgIpc) is 2.29. The number of carboxylic acid groups (broad SMARTS) is 2. The first-order valence-electron chi connectivity index (χ1n) is 3.89. The van der Waals surface area contributed by atoms with Crippen LogP contribution in [0.2, 0.25) is 0 Å². The van der Waals surface area contributed by atoms with Crippen LogP contribution in [-0.4, -0.2) is 28.3 Å². The van der Waals surface area contributed by atoms with E-state index in [1.165, 1.54) is 0 Å². The predicted octanol–water partition coefficient (Wildman–Crippen LogP) is 0.673. The zero-order chi connectivity index (χ0) is 10.0. The molecule has 1 aliphatic rings. The van der Waals surface area contributed by atoms with Crippen molar-refractivity contribution in [3.63, 3.8) is 0 Å². The molecule has 0 radical (unpaired) electrons. The van der Waals surface area contributed by atoms with Gasteiger partial charge in [-0.2, -0.15) is 0 Å². The van der Waals surface area contributed by atoms with E-state index in [0.717, 1.165) is 5.57 Å². The summed E-state index contributed by atoms with van der Waals surface area (Å²) in [4.78, 5) is 21.0. The summed E-state index contributed by atoms with van der Waals surface area (Å²) in [6, 6.07) is -0.525. The fourth-order valence-electron chi connectivity index (χ4n) is 1.56. The van der Waals surface area contributed by atoms with Crippen LogP contribution >= 0.6 is 0 Å². The van der Waals surface area contributed by atoms with Gasteiger partial charge in [0.15, 0.2) is 0 Å². The van der Waals surface area contributed by atoms with Gasteiger partial charge in [-0.3, -0.25) is 4.79 Å². The second-order valence-electron chi connectivity index (χ2n) is 3.16. The summed E-state index contributed by atoms with van der Waals surface area (Å²) in [5.74, 6) is -1.64. The van der Waals surface area contributed by atoms with Gasteiger partial charge in [-0.25, -0.2) is 4.79 Å². The molecule has 2 atom stereocenters. The van der Waals surface area contributed by atoms with Crippen LogP contribution in [0.1, 0.15) is 12.8 Å². The molecule has 1 amide bonds. The van der Waals surface area contributed by atoms with E-state index in [2.05, 4.69) is 11.9 Å². The largest absolute Gasteiger partial charge is 0.481 e. The highest BCUT2D eigenvalue weighted by Gasteiger charge is 2.35. The Morgan fingerprint density at radius 3 is 2.46 bits per heavy atom. The molecule has 0 bridgehead atoms. The quantitative estimate of drug-likeness (QED) is 0.552. The molecule has 72 valence electrons. The Bertz CT molecular complexity index is 261. The van der Waals surface area contributed by atoms with Crippen molar-refractivity contribution in [3.05, 3.63) is 12.2 Å². The number of aliphatic carboxylic acids is 1. The molecule has 0 heterocycles. The molecule has 1 rings (SSSR count). The van der Waals surface area contributed by atoms with Crippen LogP contribution in [0.4, 0.5) is 4.79 Å². The molecule has 0 spiro atoms. The van der Waals surface area contributed by atoms with Gasteiger partial charge in [-0.05, 0) is 12.8 Å². The minimum Gasteiger partial charge on any atom is -0.481 e. The first-order valence-corrected chi connectivity index (χ1v) is 3.89. The van der Waals surface area contributed by atoms with Crippen LogP contribution in [0.25, 0.3) is 0 Å². The van der Waals surface area contributed by atoms with Gasteiger partial charge in [0.25, 0.3) is 0 Å². The van der Waals surface area contributed by atoms with Crippen molar-refractivity contribution in [1.82, 2.24) is 5.32 Å². The summed E-state index contributed by atoms with van der Waals surface area (Å²) in [6.07, 6.45) is -0.408. The molecule has 0 saturated heterocycles. The number of carbonyl (C=O) groups is 2. The lowest BCUT2D eigenvalue weighted by Gasteiger charge is -2.14. The van der Waals surface area contributed by atoms with Gasteiger partial charge >= 0.3 is 12.1 Å². The highest BCUT2D eigenvalue weighted by atomic mass is 16.4. The second-order valence-corrected chi connectivity index (χ2v) is 3.16. The van der Waals surface area contributed by atoms with E-state index in [1.807, 2.05) is 0 Å². The Morgan fingerprint density at radius 1 is 1.38 bits per heavy atom. The third-order valence-corrected chi connectivity index (χ3v) is 2.13. The van der Waals surface area contributed by atoms with Crippen molar-refractivity contribution in [2.24, 2.45) is 5.92 Å². The van der Waals surface area contributed by atoms with E-state index < -0.39 is 24.0 Å². The first-order chi connectivity index (χ1) is 6.00. The maximum atomic E-state index is 10.7. The average molecular weight is 185 g/mol. The van der Waals surface area contributed by atoms with Crippen molar-refractivity contribution in [3.8, 4) is 0 Å². The molecule has 0 aromatic carbocycles. The van der Waals surface area contributed by atoms with Gasteiger partial charge in [0.05, 0.1) is 5.92 Å². The fourth-order valence-corrected chi connectivity index (χ4v) is 1.56. The van der Waals surface area contributed by atoms with Crippen molar-refractivity contribution >= 4 is 12.1 Å².